The molecule has 0 unspecified atom stereocenters. The van der Waals surface area contributed by atoms with Crippen molar-refractivity contribution in [1.29, 1.82) is 0 Å². The van der Waals surface area contributed by atoms with E-state index < -0.39 is 0 Å². The minimum Gasteiger partial charge on any atom is -0.349 e. The van der Waals surface area contributed by atoms with Crippen LogP contribution in [-0.4, -0.2) is 47.8 Å². The van der Waals surface area contributed by atoms with E-state index in [9.17, 15) is 14.0 Å². The quantitative estimate of drug-likeness (QED) is 0.852. The van der Waals surface area contributed by atoms with E-state index in [-0.39, 0.29) is 29.5 Å². The Hall–Kier alpha value is -2.54. The van der Waals surface area contributed by atoms with E-state index >= 15 is 0 Å². The van der Waals surface area contributed by atoms with Crippen LogP contribution in [0.2, 0.25) is 0 Å². The number of amides is 1. The van der Waals surface area contributed by atoms with Crippen LogP contribution in [0.1, 0.15) is 16.1 Å². The van der Waals surface area contributed by atoms with Gasteiger partial charge in [0.15, 0.2) is 0 Å². The maximum atomic E-state index is 13.2. The van der Waals surface area contributed by atoms with Crippen LogP contribution in [0.3, 0.4) is 0 Å². The second-order valence-corrected chi connectivity index (χ2v) is 5.40. The highest BCUT2D eigenvalue weighted by molar-refractivity contribution is 5.91. The summed E-state index contributed by atoms with van der Waals surface area (Å²) in [7, 11) is 3.81. The molecule has 122 valence electrons. The topological polar surface area (TPSA) is 67.2 Å². The number of carbonyl (C=O) groups is 1. The summed E-state index contributed by atoms with van der Waals surface area (Å²) in [6.45, 7) is 1.29. The number of likely N-dealkylation sites (N-methyl/N-ethyl adjacent to an activating group) is 1. The van der Waals surface area contributed by atoms with E-state index in [0.717, 1.165) is 4.68 Å². The number of aromatic nitrogens is 2. The molecule has 1 amide bonds. The summed E-state index contributed by atoms with van der Waals surface area (Å²) in [6.07, 6.45) is 0. The third kappa shape index (κ3) is 5.00. The third-order valence-electron chi connectivity index (χ3n) is 3.17. The molecular weight excluding hydrogens is 299 g/mol. The monoisotopic (exact) mass is 318 g/mol. The number of hydrogen-bond donors (Lipinski definition) is 1. The van der Waals surface area contributed by atoms with Crippen molar-refractivity contribution >= 4 is 5.91 Å². The summed E-state index contributed by atoms with van der Waals surface area (Å²) in [5.74, 6) is -0.729. The lowest BCUT2D eigenvalue weighted by molar-refractivity contribution is 0.0943. The molecule has 0 spiro atoms. The number of carbonyl (C=O) groups excluding carboxylic acids is 1. The minimum atomic E-state index is -0.381. The fourth-order valence-electron chi connectivity index (χ4n) is 1.98. The highest BCUT2D eigenvalue weighted by Gasteiger charge is 2.10. The lowest BCUT2D eigenvalue weighted by Gasteiger charge is -2.11. The second kappa shape index (κ2) is 7.64. The van der Waals surface area contributed by atoms with Crippen molar-refractivity contribution in [2.45, 2.75) is 6.54 Å². The molecule has 2 aromatic rings. The van der Waals surface area contributed by atoms with Crippen LogP contribution in [0.15, 0.2) is 41.2 Å². The van der Waals surface area contributed by atoms with Crippen molar-refractivity contribution in [3.8, 4) is 0 Å². The molecule has 0 saturated heterocycles. The summed E-state index contributed by atoms with van der Waals surface area (Å²) in [5, 5.41) is 6.78. The van der Waals surface area contributed by atoms with Gasteiger partial charge in [0, 0.05) is 19.2 Å². The third-order valence-corrected chi connectivity index (χ3v) is 3.17. The molecule has 0 atom stereocenters. The SMILES string of the molecule is CN(C)CCNC(=O)c1ccc(=O)n(Cc2cccc(F)c2)n1. The summed E-state index contributed by atoms with van der Waals surface area (Å²) in [4.78, 5) is 25.8. The van der Waals surface area contributed by atoms with Gasteiger partial charge in [-0.15, -0.1) is 0 Å². The minimum absolute atomic E-state index is 0.107. The molecule has 0 aliphatic rings. The molecule has 1 aromatic carbocycles. The molecule has 1 heterocycles. The molecule has 6 nitrogen and oxygen atoms in total. The largest absolute Gasteiger partial charge is 0.349 e. The van der Waals surface area contributed by atoms with E-state index in [0.29, 0.717) is 18.7 Å². The van der Waals surface area contributed by atoms with Crippen LogP contribution in [0.4, 0.5) is 4.39 Å². The van der Waals surface area contributed by atoms with Gasteiger partial charge in [-0.3, -0.25) is 9.59 Å². The average molecular weight is 318 g/mol. The first-order valence-electron chi connectivity index (χ1n) is 7.21. The van der Waals surface area contributed by atoms with Gasteiger partial charge in [0.25, 0.3) is 11.5 Å². The van der Waals surface area contributed by atoms with Crippen molar-refractivity contribution in [3.63, 3.8) is 0 Å². The van der Waals surface area contributed by atoms with Crippen molar-refractivity contribution in [1.82, 2.24) is 20.0 Å². The predicted molar refractivity (Wildman–Crippen MR) is 84.9 cm³/mol. The molecular formula is C16H19FN4O2. The van der Waals surface area contributed by atoms with Crippen molar-refractivity contribution < 1.29 is 9.18 Å². The van der Waals surface area contributed by atoms with Crippen LogP contribution >= 0.6 is 0 Å². The van der Waals surface area contributed by atoms with Gasteiger partial charge in [-0.1, -0.05) is 12.1 Å². The van der Waals surface area contributed by atoms with E-state index in [1.807, 2.05) is 19.0 Å². The van der Waals surface area contributed by atoms with Crippen LogP contribution in [0.25, 0.3) is 0 Å². The molecule has 0 aliphatic heterocycles. The molecule has 0 bridgehead atoms. The molecule has 0 aliphatic carbocycles. The van der Waals surface area contributed by atoms with Crippen LogP contribution in [-0.2, 0) is 6.54 Å². The Labute approximate surface area is 133 Å². The Balaban J connectivity index is 2.12. The van der Waals surface area contributed by atoms with Gasteiger partial charge in [0.1, 0.15) is 11.5 Å². The van der Waals surface area contributed by atoms with Gasteiger partial charge in [0.05, 0.1) is 6.54 Å². The highest BCUT2D eigenvalue weighted by Crippen LogP contribution is 2.04. The van der Waals surface area contributed by atoms with Crippen LogP contribution < -0.4 is 10.9 Å². The van der Waals surface area contributed by atoms with Gasteiger partial charge in [-0.25, -0.2) is 9.07 Å². The first-order chi connectivity index (χ1) is 11.0. The number of halogens is 1. The van der Waals surface area contributed by atoms with Gasteiger partial charge in [0.2, 0.25) is 0 Å². The Morgan fingerprint density at radius 3 is 2.78 bits per heavy atom. The van der Waals surface area contributed by atoms with Gasteiger partial charge >= 0.3 is 0 Å². The molecule has 0 saturated carbocycles. The molecule has 1 aromatic heterocycles. The predicted octanol–water partition coefficient (Wildman–Crippen LogP) is 0.722. The van der Waals surface area contributed by atoms with E-state index in [4.69, 9.17) is 0 Å². The summed E-state index contributed by atoms with van der Waals surface area (Å²) >= 11 is 0. The lowest BCUT2D eigenvalue weighted by atomic mass is 10.2. The fraction of sp³-hybridized carbons (Fsp3) is 0.312. The Bertz CT molecular complexity index is 743. The zero-order valence-corrected chi connectivity index (χ0v) is 13.1. The van der Waals surface area contributed by atoms with Crippen molar-refractivity contribution in [2.24, 2.45) is 0 Å². The smallest absolute Gasteiger partial charge is 0.271 e. The first-order valence-corrected chi connectivity index (χ1v) is 7.21. The van der Waals surface area contributed by atoms with E-state index in [1.54, 1.807) is 12.1 Å². The molecule has 23 heavy (non-hydrogen) atoms. The summed E-state index contributed by atoms with van der Waals surface area (Å²) < 4.78 is 14.4. The maximum absolute atomic E-state index is 13.2. The Kier molecular flexibility index (Phi) is 5.59. The Morgan fingerprint density at radius 2 is 2.09 bits per heavy atom. The molecule has 7 heteroatoms. The zero-order valence-electron chi connectivity index (χ0n) is 13.1. The number of nitrogens with one attached hydrogen (secondary N) is 1. The standard InChI is InChI=1S/C16H19FN4O2/c1-20(2)9-8-18-16(23)14-6-7-15(22)21(19-14)11-12-4-3-5-13(17)10-12/h3-7,10H,8-9,11H2,1-2H3,(H,18,23). The number of hydrogen-bond acceptors (Lipinski definition) is 4. The van der Waals surface area contributed by atoms with E-state index in [2.05, 4.69) is 10.4 Å². The number of rotatable bonds is 6. The first kappa shape index (κ1) is 16.8. The lowest BCUT2D eigenvalue weighted by Crippen LogP contribution is -2.33. The zero-order chi connectivity index (χ0) is 16.8. The van der Waals surface area contributed by atoms with Gasteiger partial charge in [-0.2, -0.15) is 5.10 Å². The van der Waals surface area contributed by atoms with Crippen molar-refractivity contribution in [2.75, 3.05) is 27.2 Å². The van der Waals surface area contributed by atoms with Crippen LogP contribution in [0.5, 0.6) is 0 Å². The van der Waals surface area contributed by atoms with Gasteiger partial charge in [-0.05, 0) is 37.9 Å². The molecule has 2 rings (SSSR count). The van der Waals surface area contributed by atoms with Crippen molar-refractivity contribution in [3.05, 3.63) is 63.8 Å². The second-order valence-electron chi connectivity index (χ2n) is 5.40. The van der Waals surface area contributed by atoms with Crippen LogP contribution in [0, 0.1) is 5.82 Å². The Morgan fingerprint density at radius 1 is 1.30 bits per heavy atom. The number of nitrogens with zero attached hydrogens (tertiary/aromatic N) is 3. The highest BCUT2D eigenvalue weighted by atomic mass is 19.1. The summed E-state index contributed by atoms with van der Waals surface area (Å²) in [6, 6.07) is 8.59. The van der Waals surface area contributed by atoms with Gasteiger partial charge < -0.3 is 10.2 Å². The number of benzene rings is 1. The molecule has 0 radical (unpaired) electrons. The van der Waals surface area contributed by atoms with E-state index in [1.165, 1.54) is 24.3 Å². The fourth-order valence-corrected chi connectivity index (χ4v) is 1.98. The normalized spacial score (nSPS) is 10.8. The average Bonchev–Trinajstić information content (AvgIpc) is 2.49. The summed E-state index contributed by atoms with van der Waals surface area (Å²) in [5.41, 5.74) is 0.406. The molecule has 1 N–H and O–H groups in total. The maximum Gasteiger partial charge on any atom is 0.271 e. The molecule has 0 fully saturated rings.